The highest BCUT2D eigenvalue weighted by atomic mass is 35.5. The van der Waals surface area contributed by atoms with Crippen molar-refractivity contribution in [2.75, 3.05) is 52.7 Å². The molecular weight excluding hydrogens is 680 g/mol. The first kappa shape index (κ1) is 39.9. The Labute approximate surface area is 313 Å². The van der Waals surface area contributed by atoms with Crippen molar-refractivity contribution in [1.82, 2.24) is 10.2 Å². The lowest BCUT2D eigenvalue weighted by atomic mass is 9.65. The van der Waals surface area contributed by atoms with Gasteiger partial charge in [0.1, 0.15) is 30.3 Å². The molecule has 1 aliphatic carbocycles. The highest BCUT2D eigenvalue weighted by Crippen LogP contribution is 2.49. The number of allylic oxidation sites excluding steroid dienone is 2. The summed E-state index contributed by atoms with van der Waals surface area (Å²) in [6, 6.07) is 20.0. The second-order valence-electron chi connectivity index (χ2n) is 14.8. The van der Waals surface area contributed by atoms with Gasteiger partial charge in [-0.1, -0.05) is 86.1 Å². The molecule has 1 unspecified atom stereocenters. The quantitative estimate of drug-likeness (QED) is 0.106. The Morgan fingerprint density at radius 3 is 2.37 bits per heavy atom. The van der Waals surface area contributed by atoms with E-state index in [1.165, 1.54) is 5.56 Å². The van der Waals surface area contributed by atoms with E-state index in [1.807, 2.05) is 30.3 Å². The van der Waals surface area contributed by atoms with E-state index in [2.05, 4.69) is 74.3 Å². The number of β-amino-alcohol motifs (C(OH)–C–C–N with tert-alkyl or cyclic N) is 1. The average Bonchev–Trinajstić information content (AvgIpc) is 3.57. The first-order chi connectivity index (χ1) is 24.9. The summed E-state index contributed by atoms with van der Waals surface area (Å²) in [6.45, 7) is 10.7. The van der Waals surface area contributed by atoms with Crippen molar-refractivity contribution < 1.29 is 34.6 Å². The molecule has 10 heteroatoms. The summed E-state index contributed by atoms with van der Waals surface area (Å²) in [7, 11) is 0. The Bertz CT molecular complexity index is 1680. The van der Waals surface area contributed by atoms with E-state index in [4.69, 9.17) is 25.8 Å². The zero-order valence-corrected chi connectivity index (χ0v) is 31.7. The molecule has 0 saturated carbocycles. The van der Waals surface area contributed by atoms with E-state index in [-0.39, 0.29) is 19.3 Å². The normalized spacial score (nSPS) is 20.2. The molecular formula is C42H55ClN2O7. The molecule has 2 atom stereocenters. The van der Waals surface area contributed by atoms with Crippen molar-refractivity contribution in [2.24, 2.45) is 5.41 Å². The summed E-state index contributed by atoms with van der Waals surface area (Å²) in [5, 5.41) is 43.2. The minimum atomic E-state index is -1.28. The zero-order chi connectivity index (χ0) is 37.4. The Morgan fingerprint density at radius 2 is 1.69 bits per heavy atom. The predicted molar refractivity (Wildman–Crippen MR) is 206 cm³/mol. The molecule has 52 heavy (non-hydrogen) atoms. The number of aliphatic hydroxyl groups excluding tert-OH is 4. The number of nitrogens with zero attached hydrogens (tertiary/aromatic N) is 1. The molecule has 282 valence electrons. The van der Waals surface area contributed by atoms with Crippen LogP contribution < -0.4 is 14.8 Å². The van der Waals surface area contributed by atoms with Gasteiger partial charge in [-0.15, -0.1) is 0 Å². The van der Waals surface area contributed by atoms with E-state index in [9.17, 15) is 20.4 Å². The van der Waals surface area contributed by atoms with Crippen LogP contribution in [0.15, 0.2) is 78.9 Å². The molecule has 5 N–H and O–H groups in total. The monoisotopic (exact) mass is 734 g/mol. The van der Waals surface area contributed by atoms with Gasteiger partial charge >= 0.3 is 0 Å². The van der Waals surface area contributed by atoms with Gasteiger partial charge in [0.15, 0.2) is 0 Å². The first-order valence-corrected chi connectivity index (χ1v) is 18.5. The molecule has 3 aromatic carbocycles. The smallest absolute Gasteiger partial charge is 0.141 e. The van der Waals surface area contributed by atoms with Gasteiger partial charge in [-0.05, 0) is 66.7 Å². The maximum atomic E-state index is 10.00. The van der Waals surface area contributed by atoms with Crippen molar-refractivity contribution in [2.45, 2.75) is 70.9 Å². The third-order valence-electron chi connectivity index (χ3n) is 10.8. The summed E-state index contributed by atoms with van der Waals surface area (Å²) in [6.07, 6.45) is 7.61. The lowest BCUT2D eigenvalue weighted by Crippen LogP contribution is -2.54. The van der Waals surface area contributed by atoms with Crippen molar-refractivity contribution in [3.63, 3.8) is 0 Å². The van der Waals surface area contributed by atoms with Crippen molar-refractivity contribution in [3.05, 3.63) is 112 Å². The van der Waals surface area contributed by atoms with Crippen LogP contribution in [0.4, 0.5) is 0 Å². The molecule has 1 saturated heterocycles. The van der Waals surface area contributed by atoms with Gasteiger partial charge in [0.2, 0.25) is 0 Å². The Kier molecular flexibility index (Phi) is 13.6. The Balaban J connectivity index is 1.42. The molecule has 1 aliphatic heterocycles. The highest BCUT2D eigenvalue weighted by molar-refractivity contribution is 6.32. The Morgan fingerprint density at radius 1 is 0.942 bits per heavy atom. The SMILES string of the molecule is Cc1ccc(COc2cc(OC[C@@]3(OCCCN4CCC(O)C4)C=CC=C(c4ccccc4)C3(C)C)c(Cl)cc2CNC(CO)(CO)CO)cc1C. The molecule has 0 bridgehead atoms. The number of rotatable bonds is 18. The molecule has 0 amide bonds. The minimum absolute atomic E-state index is 0.159. The van der Waals surface area contributed by atoms with Crippen LogP contribution in [0.5, 0.6) is 11.5 Å². The van der Waals surface area contributed by atoms with Crippen LogP contribution >= 0.6 is 11.6 Å². The molecule has 0 spiro atoms. The van der Waals surface area contributed by atoms with E-state index >= 15 is 0 Å². The fourth-order valence-electron chi connectivity index (χ4n) is 6.87. The number of nitrogens with one attached hydrogen (secondary N) is 1. The van der Waals surface area contributed by atoms with Gasteiger partial charge in [-0.25, -0.2) is 0 Å². The van der Waals surface area contributed by atoms with Gasteiger partial charge in [-0.2, -0.15) is 0 Å². The van der Waals surface area contributed by atoms with E-state index < -0.39 is 36.4 Å². The molecule has 2 aliphatic rings. The van der Waals surface area contributed by atoms with Crippen LogP contribution in [-0.4, -0.2) is 95.2 Å². The second-order valence-corrected chi connectivity index (χ2v) is 15.2. The summed E-state index contributed by atoms with van der Waals surface area (Å²) < 4.78 is 19.9. The first-order valence-electron chi connectivity index (χ1n) is 18.2. The topological polar surface area (TPSA) is 124 Å². The largest absolute Gasteiger partial charge is 0.488 e. The lowest BCUT2D eigenvalue weighted by Gasteiger charge is -2.47. The standard InChI is InChI=1S/C42H55ClN2O7/c1-30-13-14-32(20-31(30)2)25-50-38-22-39(37(43)21-34(38)23-44-41(26-46,27-47)28-48)51-29-42(52-19-9-17-45-18-15-35(49)24-45)16-8-12-36(40(42,3)4)33-10-6-5-7-11-33/h5-8,10-14,16,20-22,35,44,46-49H,9,15,17-19,23-29H2,1-4H3/t35?,42-/m0/s1. The fraction of sp³-hybridized carbons (Fsp3) is 0.476. The highest BCUT2D eigenvalue weighted by Gasteiger charge is 2.49. The molecule has 0 radical (unpaired) electrons. The molecule has 0 aromatic heterocycles. The number of benzene rings is 3. The number of halogens is 1. The van der Waals surface area contributed by atoms with Crippen LogP contribution in [0.3, 0.4) is 0 Å². The summed E-state index contributed by atoms with van der Waals surface area (Å²) in [5.41, 5.74) is 3.62. The van der Waals surface area contributed by atoms with Crippen LogP contribution in [0.2, 0.25) is 5.02 Å². The summed E-state index contributed by atoms with van der Waals surface area (Å²) >= 11 is 6.93. The number of hydrogen-bond donors (Lipinski definition) is 5. The minimum Gasteiger partial charge on any atom is -0.488 e. The summed E-state index contributed by atoms with van der Waals surface area (Å²) in [5.74, 6) is 0.936. The van der Waals surface area contributed by atoms with E-state index in [1.54, 1.807) is 12.1 Å². The molecule has 5 rings (SSSR count). The van der Waals surface area contributed by atoms with Crippen molar-refractivity contribution in [1.29, 1.82) is 0 Å². The van der Waals surface area contributed by atoms with E-state index in [0.717, 1.165) is 48.2 Å². The van der Waals surface area contributed by atoms with Crippen LogP contribution in [0.1, 0.15) is 54.5 Å². The van der Waals surface area contributed by atoms with Crippen molar-refractivity contribution >= 4 is 17.2 Å². The number of aryl methyl sites for hydroxylation is 2. The van der Waals surface area contributed by atoms with Gasteiger partial charge in [0.05, 0.1) is 36.5 Å². The van der Waals surface area contributed by atoms with Crippen LogP contribution in [0, 0.1) is 19.3 Å². The average molecular weight is 735 g/mol. The maximum Gasteiger partial charge on any atom is 0.141 e. The van der Waals surface area contributed by atoms with Crippen molar-refractivity contribution in [3.8, 4) is 11.5 Å². The zero-order valence-electron chi connectivity index (χ0n) is 30.9. The molecule has 1 fully saturated rings. The number of aliphatic hydroxyl groups is 4. The molecule has 9 nitrogen and oxygen atoms in total. The van der Waals surface area contributed by atoms with Gasteiger partial charge in [0, 0.05) is 49.8 Å². The third kappa shape index (κ3) is 9.27. The van der Waals surface area contributed by atoms with Crippen LogP contribution in [-0.2, 0) is 17.9 Å². The predicted octanol–water partition coefficient (Wildman–Crippen LogP) is 5.61. The second kappa shape index (κ2) is 17.7. The third-order valence-corrected chi connectivity index (χ3v) is 11.1. The van der Waals surface area contributed by atoms with Gasteiger partial charge in [0.25, 0.3) is 0 Å². The van der Waals surface area contributed by atoms with Gasteiger partial charge in [-0.3, -0.25) is 0 Å². The summed E-state index contributed by atoms with van der Waals surface area (Å²) in [4.78, 5) is 2.27. The number of likely N-dealkylation sites (tertiary alicyclic amines) is 1. The molecule has 3 aromatic rings. The van der Waals surface area contributed by atoms with Gasteiger partial charge < -0.3 is 44.9 Å². The van der Waals surface area contributed by atoms with Crippen LogP contribution in [0.25, 0.3) is 5.57 Å². The number of ether oxygens (including phenoxy) is 3. The Hall–Kier alpha value is -3.25. The molecule has 1 heterocycles. The lowest BCUT2D eigenvalue weighted by molar-refractivity contribution is -0.0926. The maximum absolute atomic E-state index is 10.00. The van der Waals surface area contributed by atoms with E-state index in [0.29, 0.717) is 41.8 Å². The fourth-order valence-corrected chi connectivity index (χ4v) is 7.12. The number of hydrogen-bond acceptors (Lipinski definition) is 9.